The van der Waals surface area contributed by atoms with Crippen molar-refractivity contribution in [2.75, 3.05) is 11.9 Å². The zero-order valence-corrected chi connectivity index (χ0v) is 10.8. The number of nitrogens with zero attached hydrogens (tertiary/aromatic N) is 2. The highest BCUT2D eigenvalue weighted by atomic mass is 32.1. The van der Waals surface area contributed by atoms with Gasteiger partial charge >= 0.3 is 0 Å². The van der Waals surface area contributed by atoms with Crippen LogP contribution in [0.15, 0.2) is 12.4 Å². The summed E-state index contributed by atoms with van der Waals surface area (Å²) in [5, 5.41) is 3.33. The van der Waals surface area contributed by atoms with Crippen LogP contribution in [0.4, 0.5) is 5.82 Å². The highest BCUT2D eigenvalue weighted by molar-refractivity contribution is 7.80. The standard InChI is InChI=1S/C12H18N4S/c1-8-3-2-4-9(8)7-16-12-10(11(13)17)14-5-6-15-12/h5-6,8-9H,2-4,7H2,1H3,(H2,13,17)(H,15,16). The SMILES string of the molecule is CC1CCCC1CNc1nccnc1C(N)=S. The summed E-state index contributed by atoms with van der Waals surface area (Å²) in [4.78, 5) is 8.69. The monoisotopic (exact) mass is 250 g/mol. The van der Waals surface area contributed by atoms with Crippen LogP contribution in [0.2, 0.25) is 0 Å². The fourth-order valence-electron chi connectivity index (χ4n) is 2.40. The Bertz CT molecular complexity index is 407. The second kappa shape index (κ2) is 5.40. The fourth-order valence-corrected chi connectivity index (χ4v) is 2.55. The van der Waals surface area contributed by atoms with E-state index in [9.17, 15) is 0 Å². The van der Waals surface area contributed by atoms with Crippen molar-refractivity contribution in [2.24, 2.45) is 17.6 Å². The number of hydrogen-bond acceptors (Lipinski definition) is 4. The molecule has 0 aliphatic heterocycles. The van der Waals surface area contributed by atoms with Gasteiger partial charge in [0.2, 0.25) is 0 Å². The third-order valence-electron chi connectivity index (χ3n) is 3.50. The fraction of sp³-hybridized carbons (Fsp3) is 0.583. The molecule has 1 aliphatic carbocycles. The minimum atomic E-state index is 0.292. The van der Waals surface area contributed by atoms with Crippen molar-refractivity contribution in [1.29, 1.82) is 0 Å². The van der Waals surface area contributed by atoms with E-state index in [1.54, 1.807) is 12.4 Å². The van der Waals surface area contributed by atoms with Gasteiger partial charge in [0.05, 0.1) is 0 Å². The molecule has 4 nitrogen and oxygen atoms in total. The van der Waals surface area contributed by atoms with Crippen LogP contribution >= 0.6 is 12.2 Å². The van der Waals surface area contributed by atoms with Crippen molar-refractivity contribution in [3.8, 4) is 0 Å². The average molecular weight is 250 g/mol. The summed E-state index contributed by atoms with van der Waals surface area (Å²) in [5.74, 6) is 2.21. The Labute approximate surface area is 107 Å². The molecule has 0 bridgehead atoms. The molecule has 1 heterocycles. The Hall–Kier alpha value is -1.23. The van der Waals surface area contributed by atoms with Crippen LogP contribution < -0.4 is 11.1 Å². The third-order valence-corrected chi connectivity index (χ3v) is 3.70. The molecule has 1 aliphatic rings. The van der Waals surface area contributed by atoms with Gasteiger partial charge in [-0.15, -0.1) is 0 Å². The van der Waals surface area contributed by atoms with E-state index < -0.39 is 0 Å². The summed E-state index contributed by atoms with van der Waals surface area (Å²) < 4.78 is 0. The van der Waals surface area contributed by atoms with Crippen molar-refractivity contribution in [3.05, 3.63) is 18.1 Å². The summed E-state index contributed by atoms with van der Waals surface area (Å²) in [5.41, 5.74) is 6.21. The molecule has 0 amide bonds. The zero-order valence-electron chi connectivity index (χ0n) is 10.0. The Balaban J connectivity index is 2.01. The Morgan fingerprint density at radius 1 is 1.47 bits per heavy atom. The molecular formula is C12H18N4S. The number of nitrogens with two attached hydrogens (primary N) is 1. The molecule has 2 rings (SSSR count). The van der Waals surface area contributed by atoms with Crippen LogP contribution in [0.25, 0.3) is 0 Å². The first-order chi connectivity index (χ1) is 8.18. The molecule has 0 saturated heterocycles. The van der Waals surface area contributed by atoms with Crippen molar-refractivity contribution >= 4 is 23.0 Å². The molecule has 3 N–H and O–H groups in total. The lowest BCUT2D eigenvalue weighted by Gasteiger charge is -2.17. The zero-order chi connectivity index (χ0) is 12.3. The molecule has 17 heavy (non-hydrogen) atoms. The lowest BCUT2D eigenvalue weighted by molar-refractivity contribution is 0.439. The van der Waals surface area contributed by atoms with E-state index in [-0.39, 0.29) is 0 Å². The highest BCUT2D eigenvalue weighted by Crippen LogP contribution is 2.31. The van der Waals surface area contributed by atoms with Gasteiger partial charge in [0.1, 0.15) is 10.7 Å². The Morgan fingerprint density at radius 3 is 2.88 bits per heavy atom. The number of aromatic nitrogens is 2. The van der Waals surface area contributed by atoms with Gasteiger partial charge in [0, 0.05) is 18.9 Å². The maximum Gasteiger partial charge on any atom is 0.155 e. The average Bonchev–Trinajstić information content (AvgIpc) is 2.72. The van der Waals surface area contributed by atoms with Gasteiger partial charge in [0.15, 0.2) is 5.82 Å². The topological polar surface area (TPSA) is 63.8 Å². The van der Waals surface area contributed by atoms with Gasteiger partial charge in [-0.25, -0.2) is 9.97 Å². The second-order valence-electron chi connectivity index (χ2n) is 4.67. The minimum Gasteiger partial charge on any atom is -0.388 e. The van der Waals surface area contributed by atoms with E-state index in [2.05, 4.69) is 22.2 Å². The summed E-state index contributed by atoms with van der Waals surface area (Å²) >= 11 is 4.96. The summed E-state index contributed by atoms with van der Waals surface area (Å²) in [6, 6.07) is 0. The first-order valence-electron chi connectivity index (χ1n) is 6.03. The number of nitrogens with one attached hydrogen (secondary N) is 1. The molecule has 0 aromatic carbocycles. The largest absolute Gasteiger partial charge is 0.388 e. The number of hydrogen-bond donors (Lipinski definition) is 2. The van der Waals surface area contributed by atoms with Gasteiger partial charge in [0.25, 0.3) is 0 Å². The number of thiocarbonyl (C=S) groups is 1. The molecule has 2 atom stereocenters. The van der Waals surface area contributed by atoms with Crippen LogP contribution in [-0.4, -0.2) is 21.5 Å². The quantitative estimate of drug-likeness (QED) is 0.800. The molecule has 1 aromatic rings. The van der Waals surface area contributed by atoms with Crippen molar-refractivity contribution in [1.82, 2.24) is 9.97 Å². The lowest BCUT2D eigenvalue weighted by Crippen LogP contribution is -2.21. The van der Waals surface area contributed by atoms with Crippen LogP contribution in [0.3, 0.4) is 0 Å². The van der Waals surface area contributed by atoms with Crippen LogP contribution in [-0.2, 0) is 0 Å². The molecule has 5 heteroatoms. The van der Waals surface area contributed by atoms with Gasteiger partial charge in [-0.2, -0.15) is 0 Å². The van der Waals surface area contributed by atoms with E-state index >= 15 is 0 Å². The van der Waals surface area contributed by atoms with Crippen LogP contribution in [0.5, 0.6) is 0 Å². The molecule has 1 aromatic heterocycles. The summed E-state index contributed by atoms with van der Waals surface area (Å²) in [6.07, 6.45) is 7.21. The highest BCUT2D eigenvalue weighted by Gasteiger charge is 2.23. The molecule has 0 radical (unpaired) electrons. The molecule has 0 spiro atoms. The van der Waals surface area contributed by atoms with E-state index in [0.717, 1.165) is 18.4 Å². The van der Waals surface area contributed by atoms with Crippen LogP contribution in [0.1, 0.15) is 31.9 Å². The summed E-state index contributed by atoms with van der Waals surface area (Å²) in [6.45, 7) is 3.24. The smallest absolute Gasteiger partial charge is 0.155 e. The van der Waals surface area contributed by atoms with Crippen molar-refractivity contribution < 1.29 is 0 Å². The minimum absolute atomic E-state index is 0.292. The maximum absolute atomic E-state index is 5.61. The van der Waals surface area contributed by atoms with E-state index in [0.29, 0.717) is 16.5 Å². The van der Waals surface area contributed by atoms with Gasteiger partial charge in [-0.05, 0) is 18.3 Å². The molecular weight excluding hydrogens is 232 g/mol. The second-order valence-corrected chi connectivity index (χ2v) is 5.11. The predicted octanol–water partition coefficient (Wildman–Crippen LogP) is 1.96. The van der Waals surface area contributed by atoms with E-state index in [4.69, 9.17) is 18.0 Å². The van der Waals surface area contributed by atoms with Crippen molar-refractivity contribution in [2.45, 2.75) is 26.2 Å². The van der Waals surface area contributed by atoms with Gasteiger partial charge in [-0.3, -0.25) is 0 Å². The third kappa shape index (κ3) is 2.91. The van der Waals surface area contributed by atoms with E-state index in [1.165, 1.54) is 19.3 Å². The lowest BCUT2D eigenvalue weighted by atomic mass is 9.98. The van der Waals surface area contributed by atoms with Gasteiger partial charge < -0.3 is 11.1 Å². The Morgan fingerprint density at radius 2 is 2.24 bits per heavy atom. The summed E-state index contributed by atoms with van der Waals surface area (Å²) in [7, 11) is 0. The van der Waals surface area contributed by atoms with Crippen molar-refractivity contribution in [3.63, 3.8) is 0 Å². The molecule has 1 fully saturated rings. The van der Waals surface area contributed by atoms with Gasteiger partial charge in [-0.1, -0.05) is 32.0 Å². The molecule has 1 saturated carbocycles. The number of rotatable bonds is 4. The molecule has 92 valence electrons. The van der Waals surface area contributed by atoms with E-state index in [1.807, 2.05) is 0 Å². The first-order valence-corrected chi connectivity index (χ1v) is 6.44. The first kappa shape index (κ1) is 12.2. The predicted molar refractivity (Wildman–Crippen MR) is 72.9 cm³/mol. The van der Waals surface area contributed by atoms with Crippen LogP contribution in [0, 0.1) is 11.8 Å². The Kier molecular flexibility index (Phi) is 3.89. The normalized spacial score (nSPS) is 23.6. The number of anilines is 1. The maximum atomic E-state index is 5.61. The molecule has 2 unspecified atom stereocenters.